The van der Waals surface area contributed by atoms with Gasteiger partial charge >= 0.3 is 0 Å². The Bertz CT molecular complexity index is 749. The minimum Gasteiger partial charge on any atom is -0.398 e. The second-order valence-corrected chi connectivity index (χ2v) is 5.23. The van der Waals surface area contributed by atoms with Crippen molar-refractivity contribution in [2.45, 2.75) is 26.4 Å². The molecule has 3 aromatic rings. The van der Waals surface area contributed by atoms with E-state index in [2.05, 4.69) is 33.9 Å². The Labute approximate surface area is 123 Å². The molecule has 21 heavy (non-hydrogen) atoms. The normalized spacial score (nSPS) is 11.2. The standard InChI is InChI=1S/C15H18N6/c1-11(2)21(9-12-5-3-4-6-13(12)16)14-15-19-18-10-20(15)8-7-17-14/h3-8,10-11H,9,16H2,1-2H3. The first-order valence-electron chi connectivity index (χ1n) is 6.91. The third-order valence-electron chi connectivity index (χ3n) is 3.49. The quantitative estimate of drug-likeness (QED) is 0.742. The second kappa shape index (κ2) is 5.40. The van der Waals surface area contributed by atoms with Crippen molar-refractivity contribution in [3.05, 3.63) is 48.5 Å². The van der Waals surface area contributed by atoms with Crippen molar-refractivity contribution in [3.63, 3.8) is 0 Å². The fourth-order valence-corrected chi connectivity index (χ4v) is 2.31. The number of hydrogen-bond donors (Lipinski definition) is 1. The van der Waals surface area contributed by atoms with Gasteiger partial charge in [0.15, 0.2) is 5.82 Å². The van der Waals surface area contributed by atoms with Crippen molar-refractivity contribution >= 4 is 17.2 Å². The summed E-state index contributed by atoms with van der Waals surface area (Å²) in [5, 5.41) is 8.11. The fraction of sp³-hybridized carbons (Fsp3) is 0.267. The average molecular weight is 282 g/mol. The van der Waals surface area contributed by atoms with Crippen molar-refractivity contribution in [2.24, 2.45) is 0 Å². The zero-order chi connectivity index (χ0) is 14.8. The number of para-hydroxylation sites is 1. The molecule has 108 valence electrons. The Hall–Kier alpha value is -2.63. The molecule has 1 aromatic carbocycles. The Morgan fingerprint density at radius 1 is 1.29 bits per heavy atom. The minimum absolute atomic E-state index is 0.264. The van der Waals surface area contributed by atoms with Crippen LogP contribution in [0.25, 0.3) is 5.65 Å². The van der Waals surface area contributed by atoms with Gasteiger partial charge in [-0.2, -0.15) is 0 Å². The van der Waals surface area contributed by atoms with Crippen molar-refractivity contribution in [3.8, 4) is 0 Å². The van der Waals surface area contributed by atoms with Gasteiger partial charge in [0, 0.05) is 30.7 Å². The van der Waals surface area contributed by atoms with E-state index in [1.54, 1.807) is 12.5 Å². The van der Waals surface area contributed by atoms with Crippen LogP contribution in [0.1, 0.15) is 19.4 Å². The van der Waals surface area contributed by atoms with Crippen LogP contribution in [-0.2, 0) is 6.54 Å². The van der Waals surface area contributed by atoms with E-state index in [4.69, 9.17) is 5.73 Å². The molecule has 0 unspecified atom stereocenters. The van der Waals surface area contributed by atoms with Crippen molar-refractivity contribution in [1.82, 2.24) is 19.6 Å². The van der Waals surface area contributed by atoms with Gasteiger partial charge in [0.1, 0.15) is 6.33 Å². The smallest absolute Gasteiger partial charge is 0.203 e. The molecular weight excluding hydrogens is 264 g/mol. The highest BCUT2D eigenvalue weighted by Crippen LogP contribution is 2.23. The monoisotopic (exact) mass is 282 g/mol. The lowest BCUT2D eigenvalue weighted by molar-refractivity contribution is 0.673. The van der Waals surface area contributed by atoms with E-state index >= 15 is 0 Å². The molecule has 0 radical (unpaired) electrons. The summed E-state index contributed by atoms with van der Waals surface area (Å²) in [5.41, 5.74) is 8.68. The fourth-order valence-electron chi connectivity index (χ4n) is 2.31. The molecule has 2 N–H and O–H groups in total. The third kappa shape index (κ3) is 2.52. The van der Waals surface area contributed by atoms with Gasteiger partial charge in [-0.3, -0.25) is 4.40 Å². The maximum atomic E-state index is 6.06. The lowest BCUT2D eigenvalue weighted by Crippen LogP contribution is -2.31. The summed E-state index contributed by atoms with van der Waals surface area (Å²) in [6, 6.07) is 8.15. The van der Waals surface area contributed by atoms with Gasteiger partial charge in [0.05, 0.1) is 0 Å². The van der Waals surface area contributed by atoms with Crippen molar-refractivity contribution in [1.29, 1.82) is 0 Å². The lowest BCUT2D eigenvalue weighted by atomic mass is 10.1. The van der Waals surface area contributed by atoms with E-state index in [1.807, 2.05) is 34.9 Å². The number of anilines is 2. The first-order valence-corrected chi connectivity index (χ1v) is 6.91. The van der Waals surface area contributed by atoms with Gasteiger partial charge in [-0.15, -0.1) is 10.2 Å². The molecule has 0 aliphatic carbocycles. The van der Waals surface area contributed by atoms with E-state index in [9.17, 15) is 0 Å². The predicted octanol–water partition coefficient (Wildman–Crippen LogP) is 2.12. The number of fused-ring (bicyclic) bond motifs is 1. The maximum absolute atomic E-state index is 6.06. The van der Waals surface area contributed by atoms with E-state index < -0.39 is 0 Å². The molecule has 2 aromatic heterocycles. The van der Waals surface area contributed by atoms with Gasteiger partial charge in [-0.05, 0) is 25.5 Å². The van der Waals surface area contributed by atoms with E-state index in [1.165, 1.54) is 0 Å². The summed E-state index contributed by atoms with van der Waals surface area (Å²) < 4.78 is 1.87. The number of aromatic nitrogens is 4. The Morgan fingerprint density at radius 3 is 2.86 bits per heavy atom. The second-order valence-electron chi connectivity index (χ2n) is 5.23. The molecule has 6 nitrogen and oxygen atoms in total. The molecule has 0 atom stereocenters. The van der Waals surface area contributed by atoms with Crippen LogP contribution in [-0.4, -0.2) is 25.6 Å². The van der Waals surface area contributed by atoms with Crippen molar-refractivity contribution < 1.29 is 0 Å². The zero-order valence-corrected chi connectivity index (χ0v) is 12.1. The Morgan fingerprint density at radius 2 is 2.10 bits per heavy atom. The summed E-state index contributed by atoms with van der Waals surface area (Å²) in [7, 11) is 0. The number of benzene rings is 1. The number of nitrogen functional groups attached to an aromatic ring is 1. The molecule has 0 saturated carbocycles. The maximum Gasteiger partial charge on any atom is 0.203 e. The number of nitrogens with two attached hydrogens (primary N) is 1. The van der Waals surface area contributed by atoms with E-state index in [0.29, 0.717) is 6.54 Å². The van der Waals surface area contributed by atoms with E-state index in [-0.39, 0.29) is 6.04 Å². The topological polar surface area (TPSA) is 72.3 Å². The van der Waals surface area contributed by atoms with Crippen LogP contribution in [0.15, 0.2) is 43.0 Å². The highest BCUT2D eigenvalue weighted by molar-refractivity contribution is 5.64. The van der Waals surface area contributed by atoms with Crippen molar-refractivity contribution in [2.75, 3.05) is 10.6 Å². The Balaban J connectivity index is 2.03. The molecule has 0 aliphatic rings. The van der Waals surface area contributed by atoms with Crippen LogP contribution in [0.2, 0.25) is 0 Å². The highest BCUT2D eigenvalue weighted by atomic mass is 15.3. The lowest BCUT2D eigenvalue weighted by Gasteiger charge is -2.28. The molecule has 0 aliphatic heterocycles. The minimum atomic E-state index is 0.264. The molecule has 3 rings (SSSR count). The molecule has 0 fully saturated rings. The average Bonchev–Trinajstić information content (AvgIpc) is 2.94. The Kier molecular flexibility index (Phi) is 3.43. The van der Waals surface area contributed by atoms with Crippen LogP contribution in [0.5, 0.6) is 0 Å². The third-order valence-corrected chi connectivity index (χ3v) is 3.49. The molecule has 0 spiro atoms. The molecule has 6 heteroatoms. The van der Waals surface area contributed by atoms with Crippen LogP contribution in [0.3, 0.4) is 0 Å². The number of hydrogen-bond acceptors (Lipinski definition) is 5. The first kappa shape index (κ1) is 13.4. The van der Waals surface area contributed by atoms with Crippen LogP contribution in [0, 0.1) is 0 Å². The first-order chi connectivity index (χ1) is 10.2. The van der Waals surface area contributed by atoms with Gasteiger partial charge in [0.2, 0.25) is 5.65 Å². The molecule has 0 bridgehead atoms. The largest absolute Gasteiger partial charge is 0.398 e. The predicted molar refractivity (Wildman–Crippen MR) is 83.0 cm³/mol. The highest BCUT2D eigenvalue weighted by Gasteiger charge is 2.18. The zero-order valence-electron chi connectivity index (χ0n) is 12.1. The van der Waals surface area contributed by atoms with Gasteiger partial charge in [-0.1, -0.05) is 18.2 Å². The number of rotatable bonds is 4. The van der Waals surface area contributed by atoms with Crippen LogP contribution < -0.4 is 10.6 Å². The number of nitrogens with zero attached hydrogens (tertiary/aromatic N) is 5. The summed E-state index contributed by atoms with van der Waals surface area (Å²) in [6.45, 7) is 4.94. The molecule has 0 amide bonds. The summed E-state index contributed by atoms with van der Waals surface area (Å²) in [5.74, 6) is 0.813. The molecule has 0 saturated heterocycles. The van der Waals surface area contributed by atoms with Gasteiger partial charge < -0.3 is 10.6 Å². The summed E-state index contributed by atoms with van der Waals surface area (Å²) in [6.07, 6.45) is 5.28. The summed E-state index contributed by atoms with van der Waals surface area (Å²) in [4.78, 5) is 6.66. The van der Waals surface area contributed by atoms with Gasteiger partial charge in [-0.25, -0.2) is 4.98 Å². The van der Waals surface area contributed by atoms with Gasteiger partial charge in [0.25, 0.3) is 0 Å². The molecular formula is C15H18N6. The van der Waals surface area contributed by atoms with Crippen LogP contribution >= 0.6 is 0 Å². The summed E-state index contributed by atoms with van der Waals surface area (Å²) >= 11 is 0. The SMILES string of the molecule is CC(C)N(Cc1ccccc1N)c1nccn2cnnc12. The molecule has 2 heterocycles. The van der Waals surface area contributed by atoms with E-state index in [0.717, 1.165) is 22.7 Å². The van der Waals surface area contributed by atoms with Crippen LogP contribution in [0.4, 0.5) is 11.5 Å².